The van der Waals surface area contributed by atoms with Gasteiger partial charge in [-0.1, -0.05) is 48.0 Å². The van der Waals surface area contributed by atoms with Crippen molar-refractivity contribution in [2.75, 3.05) is 33.3 Å². The third kappa shape index (κ3) is 4.60. The summed E-state index contributed by atoms with van der Waals surface area (Å²) in [4.78, 5) is 17.0. The van der Waals surface area contributed by atoms with E-state index in [2.05, 4.69) is 36.1 Å². The first kappa shape index (κ1) is 17.5. The van der Waals surface area contributed by atoms with Crippen LogP contribution in [0.25, 0.3) is 0 Å². The zero-order chi connectivity index (χ0) is 17.6. The number of nitrogens with zero attached hydrogens (tertiary/aromatic N) is 2. The van der Waals surface area contributed by atoms with E-state index in [1.807, 2.05) is 29.2 Å². The van der Waals surface area contributed by atoms with Crippen molar-refractivity contribution in [3.63, 3.8) is 0 Å². The molecule has 0 aliphatic carbocycles. The second-order valence-electron chi connectivity index (χ2n) is 6.63. The van der Waals surface area contributed by atoms with Gasteiger partial charge in [0.2, 0.25) is 5.91 Å². The van der Waals surface area contributed by atoms with Gasteiger partial charge >= 0.3 is 0 Å². The summed E-state index contributed by atoms with van der Waals surface area (Å²) in [7, 11) is 1.65. The lowest BCUT2D eigenvalue weighted by molar-refractivity contribution is -0.132. The Kier molecular flexibility index (Phi) is 5.71. The molecule has 1 aliphatic rings. The molecule has 1 fully saturated rings. The van der Waals surface area contributed by atoms with E-state index < -0.39 is 0 Å². The quantitative estimate of drug-likeness (QED) is 0.840. The first-order valence-electron chi connectivity index (χ1n) is 8.83. The second kappa shape index (κ2) is 8.17. The average Bonchev–Trinajstić information content (AvgIpc) is 2.63. The molecule has 4 nitrogen and oxygen atoms in total. The van der Waals surface area contributed by atoms with E-state index in [1.54, 1.807) is 7.11 Å². The van der Waals surface area contributed by atoms with Gasteiger partial charge in [0, 0.05) is 38.3 Å². The van der Waals surface area contributed by atoms with Crippen LogP contribution in [0, 0.1) is 6.92 Å². The van der Waals surface area contributed by atoms with Gasteiger partial charge in [-0.25, -0.2) is 0 Å². The largest absolute Gasteiger partial charge is 0.496 e. The van der Waals surface area contributed by atoms with Gasteiger partial charge in [0.15, 0.2) is 0 Å². The van der Waals surface area contributed by atoms with Crippen molar-refractivity contribution in [1.29, 1.82) is 0 Å². The summed E-state index contributed by atoms with van der Waals surface area (Å²) in [5, 5.41) is 0. The van der Waals surface area contributed by atoms with Gasteiger partial charge in [0.25, 0.3) is 0 Å². The van der Waals surface area contributed by atoms with Crippen molar-refractivity contribution in [2.24, 2.45) is 0 Å². The molecule has 2 aromatic rings. The number of piperazine rings is 1. The van der Waals surface area contributed by atoms with E-state index in [-0.39, 0.29) is 5.91 Å². The van der Waals surface area contributed by atoms with Crippen molar-refractivity contribution >= 4 is 5.91 Å². The second-order valence-corrected chi connectivity index (χ2v) is 6.63. The highest BCUT2D eigenvalue weighted by Crippen LogP contribution is 2.19. The Balaban J connectivity index is 1.52. The van der Waals surface area contributed by atoms with Crippen LogP contribution in [0.2, 0.25) is 0 Å². The van der Waals surface area contributed by atoms with E-state index in [1.165, 1.54) is 11.1 Å². The van der Waals surface area contributed by atoms with Crippen LogP contribution in [0.1, 0.15) is 16.7 Å². The molecule has 1 amide bonds. The first-order chi connectivity index (χ1) is 12.2. The molecule has 1 heterocycles. The monoisotopic (exact) mass is 338 g/mol. The van der Waals surface area contributed by atoms with Crippen LogP contribution in [0.3, 0.4) is 0 Å². The Labute approximate surface area is 150 Å². The van der Waals surface area contributed by atoms with Crippen molar-refractivity contribution in [3.05, 3.63) is 65.2 Å². The van der Waals surface area contributed by atoms with Gasteiger partial charge < -0.3 is 9.64 Å². The lowest BCUT2D eigenvalue weighted by atomic mass is 10.1. The predicted molar refractivity (Wildman–Crippen MR) is 99.7 cm³/mol. The molecular weight excluding hydrogens is 312 g/mol. The number of methoxy groups -OCH3 is 1. The predicted octanol–water partition coefficient (Wildman–Crippen LogP) is 2.89. The van der Waals surface area contributed by atoms with Crippen LogP contribution in [0.15, 0.2) is 48.5 Å². The summed E-state index contributed by atoms with van der Waals surface area (Å²) >= 11 is 0. The molecule has 4 heteroatoms. The standard InChI is InChI=1S/C21H26N2O2/c1-17-6-5-7-18(14-17)16-22-10-12-23(13-11-22)21(24)15-19-8-3-4-9-20(19)25-2/h3-9,14H,10-13,15-16H2,1-2H3. The lowest BCUT2D eigenvalue weighted by Crippen LogP contribution is -2.48. The van der Waals surface area contributed by atoms with Crippen LogP contribution in [-0.4, -0.2) is 49.0 Å². The number of benzene rings is 2. The van der Waals surface area contributed by atoms with Crippen LogP contribution in [-0.2, 0) is 17.8 Å². The lowest BCUT2D eigenvalue weighted by Gasteiger charge is -2.35. The zero-order valence-electron chi connectivity index (χ0n) is 15.1. The summed E-state index contributed by atoms with van der Waals surface area (Å²) in [5.41, 5.74) is 3.59. The van der Waals surface area contributed by atoms with Crippen molar-refractivity contribution in [3.8, 4) is 5.75 Å². The van der Waals surface area contributed by atoms with E-state index in [9.17, 15) is 4.79 Å². The third-order valence-electron chi connectivity index (χ3n) is 4.75. The number of ether oxygens (including phenoxy) is 1. The van der Waals surface area contributed by atoms with Crippen molar-refractivity contribution in [2.45, 2.75) is 19.9 Å². The number of carbonyl (C=O) groups is 1. The fraction of sp³-hybridized carbons (Fsp3) is 0.381. The van der Waals surface area contributed by atoms with Gasteiger partial charge in [-0.05, 0) is 18.6 Å². The van der Waals surface area contributed by atoms with E-state index in [0.29, 0.717) is 6.42 Å². The minimum absolute atomic E-state index is 0.180. The third-order valence-corrected chi connectivity index (χ3v) is 4.75. The Morgan fingerprint density at radius 3 is 2.52 bits per heavy atom. The molecule has 2 aromatic carbocycles. The molecule has 0 unspecified atom stereocenters. The van der Waals surface area contributed by atoms with Crippen LogP contribution < -0.4 is 4.74 Å². The normalized spacial score (nSPS) is 15.2. The highest BCUT2D eigenvalue weighted by Gasteiger charge is 2.22. The molecule has 3 rings (SSSR count). The molecule has 1 aliphatic heterocycles. The van der Waals surface area contributed by atoms with Crippen molar-refractivity contribution in [1.82, 2.24) is 9.80 Å². The molecule has 0 N–H and O–H groups in total. The molecule has 0 spiro atoms. The summed E-state index contributed by atoms with van der Waals surface area (Å²) in [5.74, 6) is 0.966. The van der Waals surface area contributed by atoms with E-state index in [4.69, 9.17) is 4.74 Å². The van der Waals surface area contributed by atoms with Gasteiger partial charge in [-0.3, -0.25) is 9.69 Å². The Morgan fingerprint density at radius 2 is 1.80 bits per heavy atom. The van der Waals surface area contributed by atoms with Crippen LogP contribution in [0.4, 0.5) is 0 Å². The summed E-state index contributed by atoms with van der Waals surface area (Å²) in [6.07, 6.45) is 0.405. The number of rotatable bonds is 5. The molecule has 0 atom stereocenters. The number of hydrogen-bond donors (Lipinski definition) is 0. The van der Waals surface area contributed by atoms with Gasteiger partial charge in [-0.15, -0.1) is 0 Å². The van der Waals surface area contributed by atoms with Gasteiger partial charge in [0.1, 0.15) is 5.75 Å². The molecule has 0 bridgehead atoms. The van der Waals surface area contributed by atoms with E-state index in [0.717, 1.165) is 44.0 Å². The average molecular weight is 338 g/mol. The SMILES string of the molecule is COc1ccccc1CC(=O)N1CCN(Cc2cccc(C)c2)CC1. The van der Waals surface area contributed by atoms with E-state index >= 15 is 0 Å². The maximum atomic E-state index is 12.6. The summed E-state index contributed by atoms with van der Waals surface area (Å²) < 4.78 is 5.35. The number of para-hydroxylation sites is 1. The Bertz CT molecular complexity index is 721. The molecule has 0 saturated carbocycles. The fourth-order valence-electron chi connectivity index (χ4n) is 3.35. The number of hydrogen-bond acceptors (Lipinski definition) is 3. The summed E-state index contributed by atoms with van der Waals surface area (Å²) in [6.45, 7) is 6.50. The van der Waals surface area contributed by atoms with Gasteiger partial charge in [-0.2, -0.15) is 0 Å². The molecule has 0 radical (unpaired) electrons. The Hall–Kier alpha value is -2.33. The fourth-order valence-corrected chi connectivity index (χ4v) is 3.35. The maximum absolute atomic E-state index is 12.6. The van der Waals surface area contributed by atoms with Gasteiger partial charge in [0.05, 0.1) is 13.5 Å². The van der Waals surface area contributed by atoms with Crippen LogP contribution >= 0.6 is 0 Å². The summed E-state index contributed by atoms with van der Waals surface area (Å²) in [6, 6.07) is 16.4. The van der Waals surface area contributed by atoms with Crippen molar-refractivity contribution < 1.29 is 9.53 Å². The molecule has 25 heavy (non-hydrogen) atoms. The Morgan fingerprint density at radius 1 is 1.04 bits per heavy atom. The topological polar surface area (TPSA) is 32.8 Å². The number of carbonyl (C=O) groups excluding carboxylic acids is 1. The van der Waals surface area contributed by atoms with Crippen LogP contribution in [0.5, 0.6) is 5.75 Å². The number of aryl methyl sites for hydroxylation is 1. The highest BCUT2D eigenvalue weighted by atomic mass is 16.5. The highest BCUT2D eigenvalue weighted by molar-refractivity contribution is 5.79. The minimum Gasteiger partial charge on any atom is -0.496 e. The maximum Gasteiger partial charge on any atom is 0.227 e. The number of amides is 1. The first-order valence-corrected chi connectivity index (χ1v) is 8.83. The zero-order valence-corrected chi connectivity index (χ0v) is 15.1. The molecule has 0 aromatic heterocycles. The molecular formula is C21H26N2O2. The minimum atomic E-state index is 0.180. The smallest absolute Gasteiger partial charge is 0.227 e. The molecule has 132 valence electrons. The molecule has 1 saturated heterocycles.